The summed E-state index contributed by atoms with van der Waals surface area (Å²) in [6.45, 7) is 2.06. The highest BCUT2D eigenvalue weighted by atomic mass is 32.1. The summed E-state index contributed by atoms with van der Waals surface area (Å²) in [4.78, 5) is 29.2. The van der Waals surface area contributed by atoms with E-state index >= 15 is 0 Å². The summed E-state index contributed by atoms with van der Waals surface area (Å²) in [5.41, 5.74) is 2.02. The summed E-state index contributed by atoms with van der Waals surface area (Å²) in [5, 5.41) is 3.94. The first-order valence-corrected chi connectivity index (χ1v) is 10.8. The average Bonchev–Trinajstić information content (AvgIpc) is 3.14. The summed E-state index contributed by atoms with van der Waals surface area (Å²) in [5.74, 6) is -0.512. The van der Waals surface area contributed by atoms with Crippen LogP contribution in [0.5, 0.6) is 0 Å². The third kappa shape index (κ3) is 6.39. The molecule has 5 nitrogen and oxygen atoms in total. The lowest BCUT2D eigenvalue weighted by atomic mass is 10.1. The number of nitrogens with one attached hydrogen (secondary N) is 1. The Balaban J connectivity index is 1.46. The molecule has 0 bridgehead atoms. The minimum Gasteiger partial charge on any atom is -0.464 e. The number of amides is 1. The van der Waals surface area contributed by atoms with Gasteiger partial charge >= 0.3 is 5.97 Å². The Bertz CT molecular complexity index is 906. The number of esters is 1. The van der Waals surface area contributed by atoms with Crippen LogP contribution in [0, 0.1) is 0 Å². The van der Waals surface area contributed by atoms with Crippen molar-refractivity contribution in [3.8, 4) is 0 Å². The number of hydrogen-bond acceptors (Lipinski definition) is 5. The van der Waals surface area contributed by atoms with Crippen LogP contribution < -0.4 is 5.32 Å². The van der Waals surface area contributed by atoms with Crippen molar-refractivity contribution in [2.24, 2.45) is 0 Å². The molecule has 0 fully saturated rings. The molecule has 3 rings (SSSR count). The molecule has 0 spiro atoms. The number of benzene rings is 2. The maximum atomic E-state index is 12.4. The normalized spacial score (nSPS) is 11.9. The lowest BCUT2D eigenvalue weighted by Crippen LogP contribution is -2.43. The standard InChI is InChI=1S/C23H26N2O3S/c1-2-28-23(27)19(16-17-10-4-3-5-11-17)24-21(26)14-8-9-15-22-25-18-12-6-7-13-20(18)29-22/h3-7,10-13,19H,2,8-9,14-16H2,1H3,(H,24,26). The summed E-state index contributed by atoms with van der Waals surface area (Å²) in [7, 11) is 0. The van der Waals surface area contributed by atoms with Crippen molar-refractivity contribution < 1.29 is 14.3 Å². The van der Waals surface area contributed by atoms with Crippen molar-refractivity contribution >= 4 is 33.4 Å². The molecule has 1 amide bonds. The van der Waals surface area contributed by atoms with E-state index in [1.807, 2.05) is 48.5 Å². The number of thiazole rings is 1. The Kier molecular flexibility index (Phi) is 7.76. The van der Waals surface area contributed by atoms with Crippen LogP contribution >= 0.6 is 11.3 Å². The highest BCUT2D eigenvalue weighted by Gasteiger charge is 2.22. The van der Waals surface area contributed by atoms with Crippen LogP contribution in [0.4, 0.5) is 0 Å². The lowest BCUT2D eigenvalue weighted by Gasteiger charge is -2.17. The Morgan fingerprint density at radius 3 is 2.59 bits per heavy atom. The van der Waals surface area contributed by atoms with Gasteiger partial charge in [-0.05, 0) is 43.9 Å². The second-order valence-corrected chi connectivity index (χ2v) is 7.96. The Labute approximate surface area is 175 Å². The topological polar surface area (TPSA) is 68.3 Å². The lowest BCUT2D eigenvalue weighted by molar-refractivity contribution is -0.147. The van der Waals surface area contributed by atoms with Crippen molar-refractivity contribution in [3.05, 3.63) is 65.2 Å². The zero-order valence-corrected chi connectivity index (χ0v) is 17.4. The molecular weight excluding hydrogens is 384 g/mol. The number of carbonyl (C=O) groups excluding carboxylic acids is 2. The number of ether oxygens (including phenoxy) is 1. The van der Waals surface area contributed by atoms with Crippen LogP contribution in [-0.2, 0) is 27.2 Å². The van der Waals surface area contributed by atoms with E-state index in [1.54, 1.807) is 18.3 Å². The van der Waals surface area contributed by atoms with Gasteiger partial charge in [0.15, 0.2) is 0 Å². The molecule has 152 valence electrons. The number of aromatic nitrogens is 1. The first-order valence-electron chi connectivity index (χ1n) is 10.00. The van der Waals surface area contributed by atoms with Crippen molar-refractivity contribution in [2.45, 2.75) is 45.1 Å². The van der Waals surface area contributed by atoms with Crippen LogP contribution in [0.2, 0.25) is 0 Å². The average molecular weight is 411 g/mol. The Hall–Kier alpha value is -2.73. The van der Waals surface area contributed by atoms with Crippen LogP contribution in [0.1, 0.15) is 36.8 Å². The molecule has 2 aromatic carbocycles. The van der Waals surface area contributed by atoms with Gasteiger partial charge in [0.1, 0.15) is 6.04 Å². The molecule has 0 aliphatic heterocycles. The molecule has 1 heterocycles. The number of hydrogen-bond donors (Lipinski definition) is 1. The highest BCUT2D eigenvalue weighted by Crippen LogP contribution is 2.22. The van der Waals surface area contributed by atoms with E-state index < -0.39 is 6.04 Å². The number of rotatable bonds is 10. The smallest absolute Gasteiger partial charge is 0.328 e. The zero-order chi connectivity index (χ0) is 20.5. The zero-order valence-electron chi connectivity index (χ0n) is 16.6. The molecule has 29 heavy (non-hydrogen) atoms. The fraction of sp³-hybridized carbons (Fsp3) is 0.348. The predicted octanol–water partition coefficient (Wildman–Crippen LogP) is 4.30. The molecule has 6 heteroatoms. The predicted molar refractivity (Wildman–Crippen MR) is 116 cm³/mol. The molecule has 1 atom stereocenters. The van der Waals surface area contributed by atoms with Gasteiger partial charge in [-0.1, -0.05) is 42.5 Å². The van der Waals surface area contributed by atoms with Gasteiger partial charge in [0.05, 0.1) is 21.8 Å². The number of carbonyl (C=O) groups is 2. The van der Waals surface area contributed by atoms with Gasteiger partial charge in [0, 0.05) is 12.8 Å². The van der Waals surface area contributed by atoms with Gasteiger partial charge in [0.25, 0.3) is 0 Å². The van der Waals surface area contributed by atoms with Gasteiger partial charge in [-0.25, -0.2) is 9.78 Å². The van der Waals surface area contributed by atoms with Crippen molar-refractivity contribution in [1.29, 1.82) is 0 Å². The number of fused-ring (bicyclic) bond motifs is 1. The number of nitrogens with zero attached hydrogens (tertiary/aromatic N) is 1. The first kappa shape index (κ1) is 21.0. The molecule has 0 saturated carbocycles. The molecule has 0 aliphatic carbocycles. The summed E-state index contributed by atoms with van der Waals surface area (Å²) < 4.78 is 6.32. The second-order valence-electron chi connectivity index (χ2n) is 6.84. The van der Waals surface area contributed by atoms with E-state index in [4.69, 9.17) is 4.74 Å². The highest BCUT2D eigenvalue weighted by molar-refractivity contribution is 7.18. The molecule has 0 aliphatic rings. The van der Waals surface area contributed by atoms with Gasteiger partial charge in [-0.3, -0.25) is 4.79 Å². The maximum absolute atomic E-state index is 12.4. The minimum atomic E-state index is -0.658. The van der Waals surface area contributed by atoms with E-state index in [0.29, 0.717) is 19.4 Å². The van der Waals surface area contributed by atoms with Crippen LogP contribution in [0.3, 0.4) is 0 Å². The van der Waals surface area contributed by atoms with E-state index in [0.717, 1.165) is 35.4 Å². The Morgan fingerprint density at radius 1 is 1.07 bits per heavy atom. The van der Waals surface area contributed by atoms with E-state index in [9.17, 15) is 9.59 Å². The minimum absolute atomic E-state index is 0.122. The van der Waals surface area contributed by atoms with E-state index in [2.05, 4.69) is 16.4 Å². The third-order valence-corrected chi connectivity index (χ3v) is 5.67. The second kappa shape index (κ2) is 10.7. The fourth-order valence-corrected chi connectivity index (χ4v) is 4.15. The van der Waals surface area contributed by atoms with Gasteiger partial charge < -0.3 is 10.1 Å². The van der Waals surface area contributed by atoms with Crippen LogP contribution in [-0.4, -0.2) is 29.5 Å². The number of aryl methyl sites for hydroxylation is 1. The first-order chi connectivity index (χ1) is 14.2. The molecule has 0 saturated heterocycles. The third-order valence-electron chi connectivity index (χ3n) is 4.57. The molecule has 1 aromatic heterocycles. The molecule has 3 aromatic rings. The van der Waals surface area contributed by atoms with Crippen LogP contribution in [0.25, 0.3) is 10.2 Å². The van der Waals surface area contributed by atoms with Crippen molar-refractivity contribution in [2.75, 3.05) is 6.61 Å². The quantitative estimate of drug-likeness (QED) is 0.400. The SMILES string of the molecule is CCOC(=O)C(Cc1ccccc1)NC(=O)CCCCc1nc2ccccc2s1. The van der Waals surface area contributed by atoms with Crippen molar-refractivity contribution in [1.82, 2.24) is 10.3 Å². The monoisotopic (exact) mass is 410 g/mol. The summed E-state index contributed by atoms with van der Waals surface area (Å²) in [6.07, 6.45) is 3.31. The maximum Gasteiger partial charge on any atom is 0.328 e. The number of unbranched alkanes of at least 4 members (excludes halogenated alkanes) is 1. The fourth-order valence-electron chi connectivity index (χ4n) is 3.14. The van der Waals surface area contributed by atoms with Gasteiger partial charge in [-0.2, -0.15) is 0 Å². The van der Waals surface area contributed by atoms with Crippen molar-refractivity contribution in [3.63, 3.8) is 0 Å². The largest absolute Gasteiger partial charge is 0.464 e. The van der Waals surface area contributed by atoms with Gasteiger partial charge in [-0.15, -0.1) is 11.3 Å². The van der Waals surface area contributed by atoms with E-state index in [1.165, 1.54) is 4.70 Å². The van der Waals surface area contributed by atoms with Gasteiger partial charge in [0.2, 0.25) is 5.91 Å². The van der Waals surface area contributed by atoms with Crippen LogP contribution in [0.15, 0.2) is 54.6 Å². The Morgan fingerprint density at radius 2 is 1.83 bits per heavy atom. The summed E-state index contributed by atoms with van der Waals surface area (Å²) >= 11 is 1.70. The molecule has 1 N–H and O–H groups in total. The molecule has 0 radical (unpaired) electrons. The molecular formula is C23H26N2O3S. The summed E-state index contributed by atoms with van der Waals surface area (Å²) in [6, 6.07) is 17.1. The molecule has 1 unspecified atom stereocenters. The number of para-hydroxylation sites is 1. The van der Waals surface area contributed by atoms with E-state index in [-0.39, 0.29) is 11.9 Å².